The van der Waals surface area contributed by atoms with E-state index in [0.29, 0.717) is 5.56 Å². The first-order chi connectivity index (χ1) is 12.4. The Morgan fingerprint density at radius 1 is 1.19 bits per heavy atom. The molecule has 1 amide bonds. The maximum atomic E-state index is 13.7. The normalized spacial score (nSPS) is 14.5. The Kier molecular flexibility index (Phi) is 7.12. The Balaban J connectivity index is 1.90. The van der Waals surface area contributed by atoms with Crippen molar-refractivity contribution in [1.29, 1.82) is 0 Å². The molecule has 2 unspecified atom stereocenters. The highest BCUT2D eigenvalue weighted by atomic mass is 19.1. The second-order valence-corrected chi connectivity index (χ2v) is 6.38. The summed E-state index contributed by atoms with van der Waals surface area (Å²) in [4.78, 5) is 11.1. The number of hydrogen-bond donors (Lipinski definition) is 3. The molecule has 0 saturated heterocycles. The number of aliphatic hydroxyl groups excluding tert-OH is 1. The third kappa shape index (κ3) is 5.82. The molecule has 4 N–H and O–H groups in total. The van der Waals surface area contributed by atoms with Crippen LogP contribution in [0.4, 0.5) is 4.39 Å². The smallest absolute Gasteiger partial charge is 0.248 e. The van der Waals surface area contributed by atoms with Gasteiger partial charge in [-0.05, 0) is 56.5 Å². The van der Waals surface area contributed by atoms with E-state index < -0.39 is 24.1 Å². The molecule has 0 fully saturated rings. The van der Waals surface area contributed by atoms with Crippen molar-refractivity contribution in [3.05, 3.63) is 65.5 Å². The van der Waals surface area contributed by atoms with Gasteiger partial charge >= 0.3 is 0 Å². The fraction of sp³-hybridized carbons (Fsp3) is 0.350. The van der Waals surface area contributed by atoms with Crippen molar-refractivity contribution in [2.24, 2.45) is 5.73 Å². The third-order valence-electron chi connectivity index (χ3n) is 4.08. The van der Waals surface area contributed by atoms with Gasteiger partial charge in [0.15, 0.2) is 17.8 Å². The van der Waals surface area contributed by atoms with Crippen LogP contribution in [0.5, 0.6) is 5.75 Å². The monoisotopic (exact) mass is 360 g/mol. The highest BCUT2D eigenvalue weighted by molar-refractivity contribution is 5.92. The van der Waals surface area contributed by atoms with Gasteiger partial charge in [-0.2, -0.15) is 0 Å². The molecule has 2 aromatic rings. The SMILES string of the molecule is CC(O)C(N[C@H](C)CCc1ccc(C(N)=O)cc1)Oc1ccccc1F. The zero-order valence-electron chi connectivity index (χ0n) is 15.0. The first-order valence-corrected chi connectivity index (χ1v) is 8.61. The Morgan fingerprint density at radius 2 is 1.85 bits per heavy atom. The topological polar surface area (TPSA) is 84.6 Å². The number of primary amides is 1. The molecular formula is C20H25FN2O3. The number of ether oxygens (including phenoxy) is 1. The van der Waals surface area contributed by atoms with Gasteiger partial charge in [-0.15, -0.1) is 0 Å². The van der Waals surface area contributed by atoms with Crippen LogP contribution in [0.15, 0.2) is 48.5 Å². The molecule has 0 bridgehead atoms. The van der Waals surface area contributed by atoms with Gasteiger partial charge in [-0.3, -0.25) is 10.1 Å². The van der Waals surface area contributed by atoms with E-state index in [2.05, 4.69) is 5.32 Å². The summed E-state index contributed by atoms with van der Waals surface area (Å²) in [6.07, 6.45) is 0.0187. The molecule has 2 aromatic carbocycles. The van der Waals surface area contributed by atoms with Gasteiger partial charge in [0.05, 0.1) is 0 Å². The lowest BCUT2D eigenvalue weighted by molar-refractivity contribution is 0.0176. The summed E-state index contributed by atoms with van der Waals surface area (Å²) in [6.45, 7) is 3.56. The number of nitrogens with two attached hydrogens (primary N) is 1. The summed E-state index contributed by atoms with van der Waals surface area (Å²) >= 11 is 0. The molecule has 6 heteroatoms. The number of carbonyl (C=O) groups is 1. The van der Waals surface area contributed by atoms with Gasteiger partial charge in [-0.25, -0.2) is 4.39 Å². The summed E-state index contributed by atoms with van der Waals surface area (Å²) in [7, 11) is 0. The fourth-order valence-corrected chi connectivity index (χ4v) is 2.53. The van der Waals surface area contributed by atoms with Crippen LogP contribution in [0, 0.1) is 5.82 Å². The predicted octanol–water partition coefficient (Wildman–Crippen LogP) is 2.62. The van der Waals surface area contributed by atoms with E-state index in [-0.39, 0.29) is 11.8 Å². The minimum Gasteiger partial charge on any atom is -0.470 e. The lowest BCUT2D eigenvalue weighted by Crippen LogP contribution is -2.47. The Morgan fingerprint density at radius 3 is 2.42 bits per heavy atom. The summed E-state index contributed by atoms with van der Waals surface area (Å²) in [5.41, 5.74) is 6.79. The fourth-order valence-electron chi connectivity index (χ4n) is 2.53. The van der Waals surface area contributed by atoms with Crippen LogP contribution in [0.25, 0.3) is 0 Å². The number of benzene rings is 2. The second kappa shape index (κ2) is 9.31. The van der Waals surface area contributed by atoms with Crippen LogP contribution in [-0.2, 0) is 6.42 Å². The van der Waals surface area contributed by atoms with E-state index >= 15 is 0 Å². The first kappa shape index (κ1) is 19.9. The van der Waals surface area contributed by atoms with Crippen molar-refractivity contribution >= 4 is 5.91 Å². The van der Waals surface area contributed by atoms with E-state index in [0.717, 1.165) is 18.4 Å². The molecule has 26 heavy (non-hydrogen) atoms. The molecule has 5 nitrogen and oxygen atoms in total. The van der Waals surface area contributed by atoms with Gasteiger partial charge in [0.1, 0.15) is 6.10 Å². The van der Waals surface area contributed by atoms with Gasteiger partial charge in [-0.1, -0.05) is 24.3 Å². The van der Waals surface area contributed by atoms with E-state index in [9.17, 15) is 14.3 Å². The molecular weight excluding hydrogens is 335 g/mol. The highest BCUT2D eigenvalue weighted by Gasteiger charge is 2.20. The quantitative estimate of drug-likeness (QED) is 0.600. The van der Waals surface area contributed by atoms with Crippen molar-refractivity contribution in [3.8, 4) is 5.75 Å². The van der Waals surface area contributed by atoms with E-state index in [1.165, 1.54) is 12.1 Å². The number of aliphatic hydroxyl groups is 1. The first-order valence-electron chi connectivity index (χ1n) is 8.61. The lowest BCUT2D eigenvalue weighted by atomic mass is 10.0. The van der Waals surface area contributed by atoms with Crippen LogP contribution < -0.4 is 15.8 Å². The Bertz CT molecular complexity index is 719. The van der Waals surface area contributed by atoms with Gasteiger partial charge < -0.3 is 15.6 Å². The Labute approximate surface area is 153 Å². The van der Waals surface area contributed by atoms with Crippen LogP contribution >= 0.6 is 0 Å². The number of carbonyl (C=O) groups excluding carboxylic acids is 1. The zero-order chi connectivity index (χ0) is 19.1. The van der Waals surface area contributed by atoms with Crippen LogP contribution in [0.1, 0.15) is 36.2 Å². The third-order valence-corrected chi connectivity index (χ3v) is 4.08. The number of halogens is 1. The largest absolute Gasteiger partial charge is 0.470 e. The minimum atomic E-state index is -0.813. The summed E-state index contributed by atoms with van der Waals surface area (Å²) in [5.74, 6) is -0.820. The maximum absolute atomic E-state index is 13.7. The average Bonchev–Trinajstić information content (AvgIpc) is 2.61. The van der Waals surface area contributed by atoms with Crippen molar-refractivity contribution in [1.82, 2.24) is 5.32 Å². The summed E-state index contributed by atoms with van der Waals surface area (Å²) in [5, 5.41) is 13.1. The summed E-state index contributed by atoms with van der Waals surface area (Å²) in [6, 6.07) is 13.3. The number of para-hydroxylation sites is 1. The molecule has 0 aliphatic heterocycles. The van der Waals surface area contributed by atoms with Crippen molar-refractivity contribution in [3.63, 3.8) is 0 Å². The molecule has 140 valence electrons. The number of amides is 1. The van der Waals surface area contributed by atoms with Crippen molar-refractivity contribution in [2.75, 3.05) is 0 Å². The Hall–Kier alpha value is -2.44. The molecule has 0 radical (unpaired) electrons. The molecule has 2 rings (SSSR count). The van der Waals surface area contributed by atoms with Crippen LogP contribution in [-0.4, -0.2) is 29.4 Å². The van der Waals surface area contributed by atoms with Gasteiger partial charge in [0.2, 0.25) is 5.91 Å². The predicted molar refractivity (Wildman–Crippen MR) is 98.4 cm³/mol. The molecule has 3 atom stereocenters. The average molecular weight is 360 g/mol. The summed E-state index contributed by atoms with van der Waals surface area (Å²) < 4.78 is 19.3. The van der Waals surface area contributed by atoms with Gasteiger partial charge in [0, 0.05) is 11.6 Å². The van der Waals surface area contributed by atoms with Crippen molar-refractivity contribution in [2.45, 2.75) is 45.1 Å². The molecule has 0 aromatic heterocycles. The molecule has 0 spiro atoms. The molecule has 0 heterocycles. The second-order valence-electron chi connectivity index (χ2n) is 6.38. The van der Waals surface area contributed by atoms with Crippen LogP contribution in [0.2, 0.25) is 0 Å². The van der Waals surface area contributed by atoms with Crippen LogP contribution in [0.3, 0.4) is 0 Å². The lowest BCUT2D eigenvalue weighted by Gasteiger charge is -2.26. The van der Waals surface area contributed by atoms with Crippen molar-refractivity contribution < 1.29 is 19.0 Å². The number of hydrogen-bond acceptors (Lipinski definition) is 4. The molecule has 0 saturated carbocycles. The van der Waals surface area contributed by atoms with E-state index in [1.54, 1.807) is 31.2 Å². The van der Waals surface area contributed by atoms with Gasteiger partial charge in [0.25, 0.3) is 0 Å². The number of aryl methyl sites for hydroxylation is 1. The number of nitrogens with one attached hydrogen (secondary N) is 1. The zero-order valence-corrected chi connectivity index (χ0v) is 15.0. The van der Waals surface area contributed by atoms with E-state index in [1.807, 2.05) is 19.1 Å². The highest BCUT2D eigenvalue weighted by Crippen LogP contribution is 2.18. The molecule has 0 aliphatic rings. The molecule has 0 aliphatic carbocycles. The standard InChI is InChI=1S/C20H25FN2O3/c1-13(7-8-15-9-11-16(12-10-15)19(22)25)23-20(14(2)24)26-18-6-4-3-5-17(18)21/h3-6,9-14,20,23-24H,7-8H2,1-2H3,(H2,22,25)/t13-,14?,20?/m1/s1. The maximum Gasteiger partial charge on any atom is 0.248 e. The van der Waals surface area contributed by atoms with E-state index in [4.69, 9.17) is 10.5 Å². The minimum absolute atomic E-state index is 0.0252. The number of rotatable bonds is 9.